The molecule has 30 heavy (non-hydrogen) atoms. The van der Waals surface area contributed by atoms with E-state index in [1.165, 1.54) is 89.9 Å². The van der Waals surface area contributed by atoms with Gasteiger partial charge in [-0.25, -0.2) is 4.79 Å². The summed E-state index contributed by atoms with van der Waals surface area (Å²) < 4.78 is 5.29. The van der Waals surface area contributed by atoms with Crippen LogP contribution in [0.25, 0.3) is 0 Å². The molecule has 0 heterocycles. The quantitative estimate of drug-likeness (QED) is 0.191. The predicted octanol–water partition coefficient (Wildman–Crippen LogP) is 7.20. The summed E-state index contributed by atoms with van der Waals surface area (Å²) in [5.41, 5.74) is 6.04. The lowest BCUT2D eigenvalue weighted by atomic mass is 10.0. The second-order valence-corrected chi connectivity index (χ2v) is 8.38. The summed E-state index contributed by atoms with van der Waals surface area (Å²) in [6, 6.07) is 6.26. The van der Waals surface area contributed by atoms with Gasteiger partial charge in [0.15, 0.2) is 0 Å². The van der Waals surface area contributed by atoms with Crippen LogP contribution in [0.5, 0.6) is 0 Å². The molecular formula is C26H43NO3. The first kappa shape index (κ1) is 26.2. The molecule has 4 nitrogen and oxygen atoms in total. The lowest BCUT2D eigenvalue weighted by molar-refractivity contribution is 0.0497. The maximum absolute atomic E-state index is 11.9. The van der Waals surface area contributed by atoms with Crippen molar-refractivity contribution >= 4 is 11.9 Å². The first-order valence-corrected chi connectivity index (χ1v) is 12.2. The monoisotopic (exact) mass is 417 g/mol. The van der Waals surface area contributed by atoms with E-state index in [0.29, 0.717) is 17.7 Å². The number of carbonyl (C=O) groups excluding carboxylic acids is 2. The fourth-order valence-corrected chi connectivity index (χ4v) is 3.67. The fourth-order valence-electron chi connectivity index (χ4n) is 3.67. The molecule has 1 amide bonds. The van der Waals surface area contributed by atoms with Crippen molar-refractivity contribution in [3.8, 4) is 0 Å². The van der Waals surface area contributed by atoms with Gasteiger partial charge in [-0.15, -0.1) is 0 Å². The van der Waals surface area contributed by atoms with E-state index in [-0.39, 0.29) is 5.97 Å². The molecule has 4 heteroatoms. The van der Waals surface area contributed by atoms with E-state index in [2.05, 4.69) is 6.92 Å². The topological polar surface area (TPSA) is 69.4 Å². The second kappa shape index (κ2) is 18.0. The van der Waals surface area contributed by atoms with Crippen molar-refractivity contribution in [3.05, 3.63) is 35.4 Å². The highest BCUT2D eigenvalue weighted by Crippen LogP contribution is 2.14. The highest BCUT2D eigenvalue weighted by molar-refractivity contribution is 5.95. The Morgan fingerprint density at radius 2 is 1.00 bits per heavy atom. The molecule has 0 spiro atoms. The fraction of sp³-hybridized carbons (Fsp3) is 0.692. The summed E-state index contributed by atoms with van der Waals surface area (Å²) in [6.45, 7) is 2.73. The Labute approximate surface area is 184 Å². The van der Waals surface area contributed by atoms with Gasteiger partial charge in [-0.05, 0) is 30.7 Å². The molecule has 0 atom stereocenters. The standard InChI is InChI=1S/C26H43NO3/c1-2-3-4-5-6-7-8-9-10-11-12-13-14-15-16-17-22-30-26(29)24-20-18-23(19-21-24)25(27)28/h18-21H,2-17,22H2,1H3,(H2,27,28). The molecule has 0 unspecified atom stereocenters. The molecule has 0 bridgehead atoms. The average molecular weight is 418 g/mol. The van der Waals surface area contributed by atoms with Crippen LogP contribution in [0.3, 0.4) is 0 Å². The molecule has 1 rings (SSSR count). The van der Waals surface area contributed by atoms with E-state index in [1.54, 1.807) is 24.3 Å². The third-order valence-electron chi connectivity index (χ3n) is 5.64. The molecule has 0 radical (unpaired) electrons. The molecule has 0 aromatic heterocycles. The predicted molar refractivity (Wildman–Crippen MR) is 125 cm³/mol. The highest BCUT2D eigenvalue weighted by Gasteiger charge is 2.08. The van der Waals surface area contributed by atoms with Crippen LogP contribution in [0.4, 0.5) is 0 Å². The minimum atomic E-state index is -0.497. The smallest absolute Gasteiger partial charge is 0.338 e. The van der Waals surface area contributed by atoms with Crippen LogP contribution >= 0.6 is 0 Å². The number of rotatable bonds is 19. The van der Waals surface area contributed by atoms with Crippen LogP contribution in [0.1, 0.15) is 130 Å². The summed E-state index contributed by atoms with van der Waals surface area (Å²) in [5, 5.41) is 0. The minimum Gasteiger partial charge on any atom is -0.462 e. The molecule has 0 aliphatic carbocycles. The van der Waals surface area contributed by atoms with Gasteiger partial charge in [-0.3, -0.25) is 4.79 Å². The summed E-state index contributed by atoms with van der Waals surface area (Å²) in [4.78, 5) is 23.0. The number of primary amides is 1. The number of hydrogen-bond donors (Lipinski definition) is 1. The SMILES string of the molecule is CCCCCCCCCCCCCCCCCCOC(=O)c1ccc(C(N)=O)cc1. The lowest BCUT2D eigenvalue weighted by Gasteiger charge is -2.06. The van der Waals surface area contributed by atoms with Gasteiger partial charge >= 0.3 is 5.97 Å². The number of esters is 1. The number of hydrogen-bond acceptors (Lipinski definition) is 3. The first-order valence-electron chi connectivity index (χ1n) is 12.2. The molecule has 1 aromatic carbocycles. The Morgan fingerprint density at radius 1 is 0.633 bits per heavy atom. The van der Waals surface area contributed by atoms with E-state index in [0.717, 1.165) is 12.8 Å². The Balaban J connectivity index is 1.85. The van der Waals surface area contributed by atoms with E-state index in [1.807, 2.05) is 0 Å². The van der Waals surface area contributed by atoms with Crippen molar-refractivity contribution in [2.45, 2.75) is 110 Å². The number of carbonyl (C=O) groups is 2. The molecular weight excluding hydrogens is 374 g/mol. The maximum Gasteiger partial charge on any atom is 0.338 e. The van der Waals surface area contributed by atoms with Crippen LogP contribution < -0.4 is 5.73 Å². The van der Waals surface area contributed by atoms with Gasteiger partial charge < -0.3 is 10.5 Å². The first-order chi connectivity index (χ1) is 14.6. The van der Waals surface area contributed by atoms with Crippen LogP contribution in [0, 0.1) is 0 Å². The Kier molecular flexibility index (Phi) is 15.7. The van der Waals surface area contributed by atoms with E-state index >= 15 is 0 Å². The van der Waals surface area contributed by atoms with Crippen molar-refractivity contribution in [2.24, 2.45) is 5.73 Å². The zero-order valence-corrected chi connectivity index (χ0v) is 19.1. The Hall–Kier alpha value is -1.84. The van der Waals surface area contributed by atoms with Gasteiger partial charge in [-0.2, -0.15) is 0 Å². The molecule has 170 valence electrons. The highest BCUT2D eigenvalue weighted by atomic mass is 16.5. The molecule has 0 saturated carbocycles. The largest absolute Gasteiger partial charge is 0.462 e. The van der Waals surface area contributed by atoms with E-state index in [4.69, 9.17) is 10.5 Å². The normalized spacial score (nSPS) is 10.8. The number of unbranched alkanes of at least 4 members (excludes halogenated alkanes) is 15. The number of amides is 1. The summed E-state index contributed by atoms with van der Waals surface area (Å²) in [5.74, 6) is -0.838. The van der Waals surface area contributed by atoms with Gasteiger partial charge in [0.2, 0.25) is 5.91 Å². The second-order valence-electron chi connectivity index (χ2n) is 8.38. The molecule has 0 aliphatic rings. The third-order valence-corrected chi connectivity index (χ3v) is 5.64. The molecule has 0 aliphatic heterocycles. The van der Waals surface area contributed by atoms with Crippen molar-refractivity contribution in [2.75, 3.05) is 6.61 Å². The van der Waals surface area contributed by atoms with Crippen LogP contribution in [0.2, 0.25) is 0 Å². The van der Waals surface area contributed by atoms with E-state index < -0.39 is 5.91 Å². The summed E-state index contributed by atoms with van der Waals surface area (Å²) in [7, 11) is 0. The van der Waals surface area contributed by atoms with Crippen LogP contribution in [-0.2, 0) is 4.74 Å². The van der Waals surface area contributed by atoms with Crippen molar-refractivity contribution in [1.29, 1.82) is 0 Å². The number of nitrogens with two attached hydrogens (primary N) is 1. The zero-order chi connectivity index (χ0) is 21.9. The van der Waals surface area contributed by atoms with Crippen molar-refractivity contribution in [3.63, 3.8) is 0 Å². The van der Waals surface area contributed by atoms with Crippen molar-refractivity contribution in [1.82, 2.24) is 0 Å². The van der Waals surface area contributed by atoms with Gasteiger partial charge in [0, 0.05) is 5.56 Å². The molecule has 2 N–H and O–H groups in total. The Morgan fingerprint density at radius 3 is 1.40 bits per heavy atom. The van der Waals surface area contributed by atoms with Crippen LogP contribution in [-0.4, -0.2) is 18.5 Å². The molecule has 0 fully saturated rings. The number of benzene rings is 1. The summed E-state index contributed by atoms with van der Waals surface area (Å²) >= 11 is 0. The minimum absolute atomic E-state index is 0.341. The third kappa shape index (κ3) is 13.4. The van der Waals surface area contributed by atoms with Gasteiger partial charge in [0.25, 0.3) is 0 Å². The van der Waals surface area contributed by atoms with E-state index in [9.17, 15) is 9.59 Å². The lowest BCUT2D eigenvalue weighted by Crippen LogP contribution is -2.11. The van der Waals surface area contributed by atoms with Crippen molar-refractivity contribution < 1.29 is 14.3 Å². The zero-order valence-electron chi connectivity index (χ0n) is 19.1. The molecule has 1 aromatic rings. The van der Waals surface area contributed by atoms with Gasteiger partial charge in [-0.1, -0.05) is 103 Å². The Bertz CT molecular complexity index is 568. The average Bonchev–Trinajstić information content (AvgIpc) is 2.75. The van der Waals surface area contributed by atoms with Gasteiger partial charge in [0.05, 0.1) is 12.2 Å². The van der Waals surface area contributed by atoms with Crippen LogP contribution in [0.15, 0.2) is 24.3 Å². The maximum atomic E-state index is 11.9. The summed E-state index contributed by atoms with van der Waals surface area (Å²) in [6.07, 6.45) is 21.2. The van der Waals surface area contributed by atoms with Gasteiger partial charge in [0.1, 0.15) is 0 Å². The molecule has 0 saturated heterocycles. The number of ether oxygens (including phenoxy) is 1.